The van der Waals surface area contributed by atoms with E-state index in [2.05, 4.69) is 46.6 Å². The first-order valence-electron chi connectivity index (χ1n) is 7.76. The third kappa shape index (κ3) is 4.06. The van der Waals surface area contributed by atoms with Crippen LogP contribution < -0.4 is 0 Å². The van der Waals surface area contributed by atoms with E-state index in [1.807, 2.05) is 24.3 Å². The molecule has 4 aromatic rings. The molecule has 0 saturated heterocycles. The number of hydrogen-bond acceptors (Lipinski definition) is 3. The van der Waals surface area contributed by atoms with Gasteiger partial charge >= 0.3 is 11.9 Å². The molecule has 2 aromatic carbocycles. The SMILES string of the molecule is COC(=O)c1cccc2[nH]c(Br)cc12.O=C(O)c1cccc2[nH]c(Br)cc12. The number of carbonyl (C=O) groups is 2. The number of halogens is 2. The van der Waals surface area contributed by atoms with Crippen LogP contribution in [0.4, 0.5) is 0 Å². The van der Waals surface area contributed by atoms with Crippen molar-refractivity contribution < 1.29 is 19.4 Å². The Hall–Kier alpha value is -2.58. The van der Waals surface area contributed by atoms with Crippen LogP contribution >= 0.6 is 31.9 Å². The van der Waals surface area contributed by atoms with Crippen LogP contribution in [0.5, 0.6) is 0 Å². The molecule has 4 rings (SSSR count). The van der Waals surface area contributed by atoms with E-state index in [0.717, 1.165) is 31.0 Å². The van der Waals surface area contributed by atoms with Crippen molar-refractivity contribution in [1.29, 1.82) is 0 Å². The number of carbonyl (C=O) groups excluding carboxylic acids is 1. The van der Waals surface area contributed by atoms with Crippen LogP contribution in [0.1, 0.15) is 20.7 Å². The van der Waals surface area contributed by atoms with Crippen LogP contribution in [0, 0.1) is 0 Å². The Labute approximate surface area is 170 Å². The molecule has 0 atom stereocenters. The molecule has 0 saturated carbocycles. The summed E-state index contributed by atoms with van der Waals surface area (Å²) >= 11 is 6.58. The van der Waals surface area contributed by atoms with Gasteiger partial charge in [-0.05, 0) is 68.3 Å². The van der Waals surface area contributed by atoms with Crippen molar-refractivity contribution in [2.45, 2.75) is 0 Å². The zero-order chi connectivity index (χ0) is 19.6. The molecule has 2 aromatic heterocycles. The minimum Gasteiger partial charge on any atom is -0.478 e. The Bertz CT molecular complexity index is 1150. The predicted octanol–water partition coefficient (Wildman–Crippen LogP) is 5.35. The van der Waals surface area contributed by atoms with Gasteiger partial charge in [0.2, 0.25) is 0 Å². The molecule has 0 amide bonds. The van der Waals surface area contributed by atoms with Crippen LogP contribution in [0.25, 0.3) is 21.8 Å². The summed E-state index contributed by atoms with van der Waals surface area (Å²) < 4.78 is 6.32. The van der Waals surface area contributed by atoms with Gasteiger partial charge in [-0.1, -0.05) is 12.1 Å². The highest BCUT2D eigenvalue weighted by Gasteiger charge is 2.11. The molecule has 0 unspecified atom stereocenters. The number of ether oxygens (including phenoxy) is 1. The molecule has 8 heteroatoms. The molecular formula is C19H14Br2N2O4. The number of fused-ring (bicyclic) bond motifs is 2. The number of nitrogens with one attached hydrogen (secondary N) is 2. The number of aromatic amines is 2. The maximum Gasteiger partial charge on any atom is 0.338 e. The molecule has 0 bridgehead atoms. The van der Waals surface area contributed by atoms with E-state index < -0.39 is 5.97 Å². The fourth-order valence-corrected chi connectivity index (χ4v) is 3.60. The van der Waals surface area contributed by atoms with Gasteiger partial charge in [0.05, 0.1) is 27.4 Å². The minimum absolute atomic E-state index is 0.317. The molecule has 3 N–H and O–H groups in total. The summed E-state index contributed by atoms with van der Waals surface area (Å²) in [7, 11) is 1.38. The van der Waals surface area contributed by atoms with Crippen LogP contribution in [-0.4, -0.2) is 34.1 Å². The molecular weight excluding hydrogens is 480 g/mol. The molecule has 2 heterocycles. The molecule has 0 fully saturated rings. The molecule has 138 valence electrons. The highest BCUT2D eigenvalue weighted by atomic mass is 79.9. The van der Waals surface area contributed by atoms with Gasteiger partial charge in [0.15, 0.2) is 0 Å². The molecule has 0 aliphatic carbocycles. The smallest absolute Gasteiger partial charge is 0.338 e. The van der Waals surface area contributed by atoms with Gasteiger partial charge in [0, 0.05) is 21.8 Å². The first-order chi connectivity index (χ1) is 12.9. The average molecular weight is 494 g/mol. The lowest BCUT2D eigenvalue weighted by Crippen LogP contribution is -2.00. The van der Waals surface area contributed by atoms with Crippen LogP contribution in [0.3, 0.4) is 0 Å². The molecule has 0 aliphatic heterocycles. The second kappa shape index (κ2) is 7.98. The van der Waals surface area contributed by atoms with Crippen molar-refractivity contribution in [2.75, 3.05) is 7.11 Å². The van der Waals surface area contributed by atoms with E-state index in [4.69, 9.17) is 5.11 Å². The maximum atomic E-state index is 11.4. The van der Waals surface area contributed by atoms with Crippen molar-refractivity contribution in [3.63, 3.8) is 0 Å². The van der Waals surface area contributed by atoms with E-state index in [1.165, 1.54) is 7.11 Å². The number of carboxylic acids is 1. The van der Waals surface area contributed by atoms with Crippen molar-refractivity contribution in [2.24, 2.45) is 0 Å². The number of esters is 1. The second-order valence-corrected chi connectivity index (χ2v) is 7.27. The number of hydrogen-bond donors (Lipinski definition) is 3. The number of carboxylic acid groups (broad SMARTS) is 1. The van der Waals surface area contributed by atoms with Crippen molar-refractivity contribution in [1.82, 2.24) is 9.97 Å². The summed E-state index contributed by atoms with van der Waals surface area (Å²) in [5.41, 5.74) is 2.64. The number of H-pyrrole nitrogens is 2. The monoisotopic (exact) mass is 492 g/mol. The van der Waals surface area contributed by atoms with Crippen LogP contribution in [0.2, 0.25) is 0 Å². The summed E-state index contributed by atoms with van der Waals surface area (Å²) in [4.78, 5) is 28.3. The fourth-order valence-electron chi connectivity index (χ4n) is 2.72. The van der Waals surface area contributed by atoms with E-state index in [-0.39, 0.29) is 5.97 Å². The lowest BCUT2D eigenvalue weighted by atomic mass is 10.1. The molecule has 0 radical (unpaired) electrons. The molecule has 0 aliphatic rings. The summed E-state index contributed by atoms with van der Waals surface area (Å²) in [6.07, 6.45) is 0. The minimum atomic E-state index is -0.905. The quantitative estimate of drug-likeness (QED) is 0.328. The van der Waals surface area contributed by atoms with Crippen molar-refractivity contribution >= 4 is 65.6 Å². The van der Waals surface area contributed by atoms with Crippen LogP contribution in [0.15, 0.2) is 57.7 Å². The predicted molar refractivity (Wildman–Crippen MR) is 110 cm³/mol. The normalized spacial score (nSPS) is 10.5. The van der Waals surface area contributed by atoms with E-state index >= 15 is 0 Å². The summed E-state index contributed by atoms with van der Waals surface area (Å²) in [6, 6.07) is 14.2. The number of benzene rings is 2. The van der Waals surface area contributed by atoms with Gasteiger partial charge in [-0.25, -0.2) is 9.59 Å². The summed E-state index contributed by atoms with van der Waals surface area (Å²) in [5, 5.41) is 10.5. The Kier molecular flexibility index (Phi) is 5.67. The lowest BCUT2D eigenvalue weighted by Gasteiger charge is -1.99. The second-order valence-electron chi connectivity index (χ2n) is 5.56. The number of aromatic carboxylic acids is 1. The van der Waals surface area contributed by atoms with Gasteiger partial charge in [0.25, 0.3) is 0 Å². The lowest BCUT2D eigenvalue weighted by molar-refractivity contribution is 0.0602. The third-order valence-electron chi connectivity index (χ3n) is 3.90. The molecule has 0 spiro atoms. The van der Waals surface area contributed by atoms with E-state index in [9.17, 15) is 9.59 Å². The van der Waals surface area contributed by atoms with Crippen molar-refractivity contribution in [3.8, 4) is 0 Å². The average Bonchev–Trinajstić information content (AvgIpc) is 3.21. The fraction of sp³-hybridized carbons (Fsp3) is 0.0526. The number of rotatable bonds is 2. The van der Waals surface area contributed by atoms with Gasteiger partial charge < -0.3 is 19.8 Å². The zero-order valence-electron chi connectivity index (χ0n) is 14.0. The zero-order valence-corrected chi connectivity index (χ0v) is 17.2. The topological polar surface area (TPSA) is 95.2 Å². The van der Waals surface area contributed by atoms with E-state index in [1.54, 1.807) is 24.3 Å². The highest BCUT2D eigenvalue weighted by Crippen LogP contribution is 2.23. The molecule has 6 nitrogen and oxygen atoms in total. The summed E-state index contributed by atoms with van der Waals surface area (Å²) in [5.74, 6) is -1.22. The van der Waals surface area contributed by atoms with Gasteiger partial charge in [0.1, 0.15) is 0 Å². The van der Waals surface area contributed by atoms with Gasteiger partial charge in [-0.3, -0.25) is 0 Å². The largest absolute Gasteiger partial charge is 0.478 e. The Morgan fingerprint density at radius 2 is 1.37 bits per heavy atom. The first kappa shape index (κ1) is 19.2. The van der Waals surface area contributed by atoms with Crippen molar-refractivity contribution in [3.05, 3.63) is 68.9 Å². The standard InChI is InChI=1S/C10H8BrNO2.C9H6BrNO2/c1-14-10(13)6-3-2-4-8-7(6)5-9(11)12-8;10-8-4-6-5(9(12)13)2-1-3-7(6)11-8/h2-5,12H,1H3;1-4,11H,(H,12,13). The maximum absolute atomic E-state index is 11.4. The van der Waals surface area contributed by atoms with E-state index in [0.29, 0.717) is 11.1 Å². The Morgan fingerprint density at radius 3 is 1.85 bits per heavy atom. The number of methoxy groups -OCH3 is 1. The number of aromatic nitrogens is 2. The molecule has 27 heavy (non-hydrogen) atoms. The third-order valence-corrected chi connectivity index (χ3v) is 4.75. The first-order valence-corrected chi connectivity index (χ1v) is 9.35. The van der Waals surface area contributed by atoms with Crippen LogP contribution in [-0.2, 0) is 4.74 Å². The summed E-state index contributed by atoms with van der Waals surface area (Å²) in [6.45, 7) is 0. The Morgan fingerprint density at radius 1 is 0.889 bits per heavy atom. The van der Waals surface area contributed by atoms with Gasteiger partial charge in [-0.2, -0.15) is 0 Å². The van der Waals surface area contributed by atoms with Gasteiger partial charge in [-0.15, -0.1) is 0 Å². The Balaban J connectivity index is 0.000000156. The highest BCUT2D eigenvalue weighted by molar-refractivity contribution is 9.10.